The molecule has 2 atom stereocenters. The fourth-order valence-corrected chi connectivity index (χ4v) is 4.57. The van der Waals surface area contributed by atoms with Gasteiger partial charge < -0.3 is 5.48 Å². The minimum Gasteiger partial charge on any atom is -0.412 e. The highest BCUT2D eigenvalue weighted by Gasteiger charge is 2.69. The standard InChI is InChI=1S/C10H14O5S.H2O/c1-9(2)6-3-4-10(9,5-16(13,14)15)8(12)7(6)11;/h6H,3-5H2,1-2H3,(H,13,14,15);1H2/t6-,10+;/m1./s1. The Labute approximate surface area is 99.4 Å². The highest BCUT2D eigenvalue weighted by molar-refractivity contribution is 7.85. The first-order valence-corrected chi connectivity index (χ1v) is 6.76. The lowest BCUT2D eigenvalue weighted by molar-refractivity contribution is -0.141. The van der Waals surface area contributed by atoms with E-state index in [1.165, 1.54) is 0 Å². The summed E-state index contributed by atoms with van der Waals surface area (Å²) in [6.45, 7) is 3.47. The first kappa shape index (κ1) is 14.3. The molecular formula is C10H16O6S. The van der Waals surface area contributed by atoms with Crippen LogP contribution in [0.4, 0.5) is 0 Å². The fraction of sp³-hybridized carbons (Fsp3) is 0.800. The molecule has 0 heterocycles. The Balaban J connectivity index is 0.00000144. The van der Waals surface area contributed by atoms with E-state index in [0.29, 0.717) is 12.8 Å². The summed E-state index contributed by atoms with van der Waals surface area (Å²) in [6.07, 6.45) is 0.905. The maximum Gasteiger partial charge on any atom is 0.265 e. The van der Waals surface area contributed by atoms with Crippen molar-refractivity contribution in [3.63, 3.8) is 0 Å². The summed E-state index contributed by atoms with van der Waals surface area (Å²) in [7, 11) is -4.25. The van der Waals surface area contributed by atoms with Gasteiger partial charge in [0.05, 0.1) is 11.2 Å². The van der Waals surface area contributed by atoms with E-state index in [1.54, 1.807) is 13.8 Å². The average Bonchev–Trinajstić information content (AvgIpc) is 2.39. The zero-order chi connectivity index (χ0) is 12.4. The van der Waals surface area contributed by atoms with Crippen LogP contribution in [0, 0.1) is 16.7 Å². The van der Waals surface area contributed by atoms with E-state index < -0.39 is 38.3 Å². The molecule has 6 nitrogen and oxygen atoms in total. The quantitative estimate of drug-likeness (QED) is 0.538. The van der Waals surface area contributed by atoms with E-state index in [2.05, 4.69) is 0 Å². The van der Waals surface area contributed by atoms with Crippen molar-refractivity contribution in [3.8, 4) is 0 Å². The van der Waals surface area contributed by atoms with E-state index >= 15 is 0 Å². The molecule has 0 aromatic heterocycles. The molecule has 2 aliphatic rings. The lowest BCUT2D eigenvalue weighted by Crippen LogP contribution is -2.43. The van der Waals surface area contributed by atoms with Gasteiger partial charge in [0.15, 0.2) is 0 Å². The second-order valence-electron chi connectivity index (χ2n) is 5.31. The summed E-state index contributed by atoms with van der Waals surface area (Å²) >= 11 is 0. The molecule has 17 heavy (non-hydrogen) atoms. The highest BCUT2D eigenvalue weighted by Crippen LogP contribution is 2.62. The van der Waals surface area contributed by atoms with Crippen LogP contribution in [0.5, 0.6) is 0 Å². The van der Waals surface area contributed by atoms with Crippen LogP contribution in [0.25, 0.3) is 0 Å². The molecule has 0 unspecified atom stereocenters. The van der Waals surface area contributed by atoms with Crippen LogP contribution in [0.2, 0.25) is 0 Å². The van der Waals surface area contributed by atoms with Gasteiger partial charge in [0.25, 0.3) is 10.1 Å². The molecule has 0 radical (unpaired) electrons. The van der Waals surface area contributed by atoms with Crippen molar-refractivity contribution in [3.05, 3.63) is 0 Å². The van der Waals surface area contributed by atoms with Gasteiger partial charge in [0, 0.05) is 5.92 Å². The molecule has 0 saturated heterocycles. The van der Waals surface area contributed by atoms with E-state index in [4.69, 9.17) is 4.55 Å². The van der Waals surface area contributed by atoms with Crippen molar-refractivity contribution < 1.29 is 28.0 Å². The van der Waals surface area contributed by atoms with Gasteiger partial charge in [-0.05, 0) is 18.3 Å². The summed E-state index contributed by atoms with van der Waals surface area (Å²) < 4.78 is 30.9. The van der Waals surface area contributed by atoms with Gasteiger partial charge in [-0.1, -0.05) is 13.8 Å². The zero-order valence-corrected chi connectivity index (χ0v) is 10.5. The van der Waals surface area contributed by atoms with Crippen molar-refractivity contribution in [2.45, 2.75) is 26.7 Å². The molecule has 0 spiro atoms. The normalized spacial score (nSPS) is 34.9. The minimum absolute atomic E-state index is 0. The number of Topliss-reactive ketones (excluding diaryl/α,β-unsaturated/α-hetero) is 2. The Kier molecular flexibility index (Phi) is 3.02. The number of rotatable bonds is 2. The van der Waals surface area contributed by atoms with Crippen molar-refractivity contribution in [2.24, 2.45) is 16.7 Å². The van der Waals surface area contributed by atoms with Crippen molar-refractivity contribution in [2.75, 3.05) is 5.75 Å². The van der Waals surface area contributed by atoms with Crippen LogP contribution in [-0.2, 0) is 19.7 Å². The van der Waals surface area contributed by atoms with Gasteiger partial charge in [-0.2, -0.15) is 8.42 Å². The highest BCUT2D eigenvalue weighted by atomic mass is 32.2. The molecule has 98 valence electrons. The van der Waals surface area contributed by atoms with Crippen LogP contribution in [0.3, 0.4) is 0 Å². The van der Waals surface area contributed by atoms with Gasteiger partial charge in [-0.3, -0.25) is 14.1 Å². The molecule has 2 bridgehead atoms. The largest absolute Gasteiger partial charge is 0.412 e. The molecule has 0 aliphatic heterocycles. The van der Waals surface area contributed by atoms with Gasteiger partial charge in [0.2, 0.25) is 11.6 Å². The third-order valence-electron chi connectivity index (χ3n) is 4.37. The molecule has 0 aromatic carbocycles. The first-order valence-electron chi connectivity index (χ1n) is 5.16. The van der Waals surface area contributed by atoms with E-state index in [-0.39, 0.29) is 11.4 Å². The van der Waals surface area contributed by atoms with Gasteiger partial charge in [-0.15, -0.1) is 0 Å². The van der Waals surface area contributed by atoms with Crippen molar-refractivity contribution >= 4 is 21.7 Å². The monoisotopic (exact) mass is 264 g/mol. The third kappa shape index (κ3) is 1.64. The molecule has 2 fully saturated rings. The maximum absolute atomic E-state index is 11.9. The number of carbonyl (C=O) groups excluding carboxylic acids is 2. The van der Waals surface area contributed by atoms with E-state index in [9.17, 15) is 18.0 Å². The van der Waals surface area contributed by atoms with E-state index in [1.807, 2.05) is 0 Å². The average molecular weight is 264 g/mol. The molecule has 2 rings (SSSR count). The molecule has 3 N–H and O–H groups in total. The van der Waals surface area contributed by atoms with E-state index in [0.717, 1.165) is 0 Å². The van der Waals surface area contributed by atoms with Crippen LogP contribution in [0.1, 0.15) is 26.7 Å². The number of carbonyl (C=O) groups is 2. The summed E-state index contributed by atoms with van der Waals surface area (Å²) in [5, 5.41) is 0. The number of hydrogen-bond donors (Lipinski definition) is 1. The number of ketones is 2. The summed E-state index contributed by atoms with van der Waals surface area (Å²) in [4.78, 5) is 23.5. The van der Waals surface area contributed by atoms with Crippen LogP contribution < -0.4 is 0 Å². The molecule has 0 amide bonds. The predicted molar refractivity (Wildman–Crippen MR) is 59.0 cm³/mol. The maximum atomic E-state index is 11.9. The summed E-state index contributed by atoms with van der Waals surface area (Å²) in [6, 6.07) is 0. The predicted octanol–water partition coefficient (Wildman–Crippen LogP) is -0.376. The molecular weight excluding hydrogens is 248 g/mol. The SMILES string of the molecule is CC1(C)[C@@H]2CC[C@]1(CS(=O)(=O)O)C(=O)C2=O.O. The minimum atomic E-state index is -4.25. The Morgan fingerprint density at radius 3 is 2.24 bits per heavy atom. The molecule has 7 heteroatoms. The number of fused-ring (bicyclic) bond motifs is 2. The van der Waals surface area contributed by atoms with Crippen molar-refractivity contribution in [1.29, 1.82) is 0 Å². The van der Waals surface area contributed by atoms with Crippen molar-refractivity contribution in [1.82, 2.24) is 0 Å². The zero-order valence-electron chi connectivity index (χ0n) is 9.69. The van der Waals surface area contributed by atoms with Gasteiger partial charge in [-0.25, -0.2) is 0 Å². The first-order chi connectivity index (χ1) is 7.12. The summed E-state index contributed by atoms with van der Waals surface area (Å²) in [5.74, 6) is -2.11. The Hall–Kier alpha value is -0.790. The Morgan fingerprint density at radius 2 is 1.88 bits per heavy atom. The molecule has 2 aliphatic carbocycles. The van der Waals surface area contributed by atoms with Crippen LogP contribution in [-0.4, -0.2) is 35.8 Å². The third-order valence-corrected chi connectivity index (χ3v) is 5.23. The summed E-state index contributed by atoms with van der Waals surface area (Å²) in [5.41, 5.74) is -1.88. The second kappa shape index (κ2) is 3.60. The Morgan fingerprint density at radius 1 is 1.35 bits per heavy atom. The lowest BCUT2D eigenvalue weighted by Gasteiger charge is -2.34. The number of hydrogen-bond acceptors (Lipinski definition) is 4. The second-order valence-corrected chi connectivity index (χ2v) is 6.77. The Bertz CT molecular complexity index is 477. The lowest BCUT2D eigenvalue weighted by atomic mass is 9.70. The fourth-order valence-electron chi connectivity index (χ4n) is 3.30. The topological polar surface area (TPSA) is 120 Å². The van der Waals surface area contributed by atoms with Gasteiger partial charge in [0.1, 0.15) is 0 Å². The molecule has 2 saturated carbocycles. The smallest absolute Gasteiger partial charge is 0.265 e. The molecule has 0 aromatic rings. The van der Waals surface area contributed by atoms with Crippen LogP contribution >= 0.6 is 0 Å². The van der Waals surface area contributed by atoms with Crippen LogP contribution in [0.15, 0.2) is 0 Å². The van der Waals surface area contributed by atoms with Gasteiger partial charge >= 0.3 is 0 Å².